The van der Waals surface area contributed by atoms with E-state index in [1.54, 1.807) is 0 Å². The molecule has 0 aliphatic heterocycles. The molecule has 25 heavy (non-hydrogen) atoms. The first-order valence-electron chi connectivity index (χ1n) is 8.38. The predicted molar refractivity (Wildman–Crippen MR) is 100 cm³/mol. The number of nitrogens with zero attached hydrogens (tertiary/aromatic N) is 4. The molecule has 122 valence electrons. The highest BCUT2D eigenvalue weighted by atomic mass is 15.3. The Labute approximate surface area is 146 Å². The molecule has 0 radical (unpaired) electrons. The highest BCUT2D eigenvalue weighted by Gasteiger charge is 2.15. The smallest absolute Gasteiger partial charge is 0.101 e. The Morgan fingerprint density at radius 1 is 1.16 bits per heavy atom. The molecule has 0 unspecified atom stereocenters. The van der Waals surface area contributed by atoms with Gasteiger partial charge < -0.3 is 0 Å². The fourth-order valence-electron chi connectivity index (χ4n) is 3.41. The lowest BCUT2D eigenvalue weighted by Gasteiger charge is -2.07. The highest BCUT2D eigenvalue weighted by Crippen LogP contribution is 2.34. The molecule has 0 fully saturated rings. The van der Waals surface area contributed by atoms with E-state index in [2.05, 4.69) is 37.0 Å². The summed E-state index contributed by atoms with van der Waals surface area (Å²) in [6, 6.07) is 14.1. The molecule has 2 aromatic carbocycles. The third-order valence-corrected chi connectivity index (χ3v) is 4.81. The number of pyridine rings is 1. The Morgan fingerprint density at radius 2 is 1.92 bits per heavy atom. The summed E-state index contributed by atoms with van der Waals surface area (Å²) in [7, 11) is 1.94. The Hall–Kier alpha value is -3.19. The third kappa shape index (κ3) is 2.36. The summed E-state index contributed by atoms with van der Waals surface area (Å²) < 4.78 is 1.87. The zero-order chi connectivity index (χ0) is 17.6. The van der Waals surface area contributed by atoms with Gasteiger partial charge in [0.1, 0.15) is 5.69 Å². The first-order chi connectivity index (χ1) is 12.1. The lowest BCUT2D eigenvalue weighted by atomic mass is 9.99. The summed E-state index contributed by atoms with van der Waals surface area (Å²) in [6.07, 6.45) is 2.89. The number of benzene rings is 2. The van der Waals surface area contributed by atoms with Crippen molar-refractivity contribution < 1.29 is 0 Å². The summed E-state index contributed by atoms with van der Waals surface area (Å²) in [6.45, 7) is 4.31. The SMILES string of the molecule is CCc1cc2ncc3c(c(-c4ccc(C#N)cc4)nn3C)c2cc1C. The molecule has 0 spiro atoms. The molecule has 2 aromatic heterocycles. The van der Waals surface area contributed by atoms with Crippen molar-refractivity contribution in [1.29, 1.82) is 5.26 Å². The van der Waals surface area contributed by atoms with Gasteiger partial charge in [0.15, 0.2) is 0 Å². The van der Waals surface area contributed by atoms with Gasteiger partial charge in [0.05, 0.1) is 28.9 Å². The molecular formula is C21H18N4. The molecule has 0 saturated carbocycles. The minimum atomic E-state index is 0.652. The van der Waals surface area contributed by atoms with Crippen molar-refractivity contribution in [1.82, 2.24) is 14.8 Å². The van der Waals surface area contributed by atoms with E-state index in [1.165, 1.54) is 11.1 Å². The molecule has 4 heteroatoms. The minimum Gasteiger partial charge on any atom is -0.266 e. The van der Waals surface area contributed by atoms with Crippen LogP contribution in [0.25, 0.3) is 33.1 Å². The van der Waals surface area contributed by atoms with E-state index in [4.69, 9.17) is 10.4 Å². The normalized spacial score (nSPS) is 11.1. The van der Waals surface area contributed by atoms with E-state index in [0.717, 1.165) is 39.5 Å². The first-order valence-corrected chi connectivity index (χ1v) is 8.38. The zero-order valence-corrected chi connectivity index (χ0v) is 14.5. The Kier molecular flexibility index (Phi) is 3.51. The van der Waals surface area contributed by atoms with Gasteiger partial charge in [0.2, 0.25) is 0 Å². The van der Waals surface area contributed by atoms with Crippen LogP contribution in [0.3, 0.4) is 0 Å². The van der Waals surface area contributed by atoms with Gasteiger partial charge >= 0.3 is 0 Å². The fourth-order valence-corrected chi connectivity index (χ4v) is 3.41. The van der Waals surface area contributed by atoms with Crippen LogP contribution >= 0.6 is 0 Å². The molecule has 4 nitrogen and oxygen atoms in total. The van der Waals surface area contributed by atoms with E-state index in [9.17, 15) is 0 Å². The van der Waals surface area contributed by atoms with Crippen LogP contribution in [0, 0.1) is 18.3 Å². The van der Waals surface area contributed by atoms with Crippen molar-refractivity contribution in [2.75, 3.05) is 0 Å². The van der Waals surface area contributed by atoms with Gasteiger partial charge in [0, 0.05) is 23.4 Å². The lowest BCUT2D eigenvalue weighted by molar-refractivity contribution is 0.799. The largest absolute Gasteiger partial charge is 0.266 e. The number of fused-ring (bicyclic) bond motifs is 3. The van der Waals surface area contributed by atoms with Gasteiger partial charge in [-0.15, -0.1) is 0 Å². The van der Waals surface area contributed by atoms with Crippen LogP contribution in [0.4, 0.5) is 0 Å². The maximum absolute atomic E-state index is 9.02. The highest BCUT2D eigenvalue weighted by molar-refractivity contribution is 6.11. The fraction of sp³-hybridized carbons (Fsp3) is 0.190. The van der Waals surface area contributed by atoms with Gasteiger partial charge in [-0.25, -0.2) is 0 Å². The standard InChI is InChI=1S/C21H18N4/c1-4-15-10-18-17(9-13(15)2)20-19(12-23-18)25(3)24-21(20)16-7-5-14(11-22)6-8-16/h5-10,12H,4H2,1-3H3. The van der Waals surface area contributed by atoms with Crippen LogP contribution in [0.1, 0.15) is 23.6 Å². The molecule has 2 heterocycles. The molecule has 0 atom stereocenters. The van der Waals surface area contributed by atoms with Gasteiger partial charge in [0.25, 0.3) is 0 Å². The second-order valence-electron chi connectivity index (χ2n) is 6.33. The van der Waals surface area contributed by atoms with E-state index in [-0.39, 0.29) is 0 Å². The molecule has 0 bridgehead atoms. The van der Waals surface area contributed by atoms with Crippen molar-refractivity contribution in [2.45, 2.75) is 20.3 Å². The maximum Gasteiger partial charge on any atom is 0.101 e. The molecule has 4 aromatic rings. The van der Waals surface area contributed by atoms with Crippen molar-refractivity contribution in [3.8, 4) is 17.3 Å². The summed E-state index contributed by atoms with van der Waals surface area (Å²) in [5.74, 6) is 0. The molecule has 0 saturated heterocycles. The van der Waals surface area contributed by atoms with E-state index >= 15 is 0 Å². The second-order valence-corrected chi connectivity index (χ2v) is 6.33. The molecule has 0 amide bonds. The van der Waals surface area contributed by atoms with Crippen LogP contribution in [-0.4, -0.2) is 14.8 Å². The zero-order valence-electron chi connectivity index (χ0n) is 14.5. The summed E-state index contributed by atoms with van der Waals surface area (Å²) in [5.41, 5.74) is 7.20. The quantitative estimate of drug-likeness (QED) is 0.544. The van der Waals surface area contributed by atoms with Crippen LogP contribution in [0.2, 0.25) is 0 Å². The number of aryl methyl sites for hydroxylation is 3. The van der Waals surface area contributed by atoms with E-state index < -0.39 is 0 Å². The van der Waals surface area contributed by atoms with Crippen LogP contribution in [0.15, 0.2) is 42.6 Å². The van der Waals surface area contributed by atoms with Crippen molar-refractivity contribution in [2.24, 2.45) is 7.05 Å². The summed E-state index contributed by atoms with van der Waals surface area (Å²) in [5, 5.41) is 16.0. The first kappa shape index (κ1) is 15.3. The number of rotatable bonds is 2. The maximum atomic E-state index is 9.02. The topological polar surface area (TPSA) is 54.5 Å². The Bertz CT molecular complexity index is 1140. The van der Waals surface area contributed by atoms with Gasteiger partial charge in [-0.3, -0.25) is 9.67 Å². The molecule has 0 aliphatic rings. The molecule has 4 rings (SSSR count). The summed E-state index contributed by atoms with van der Waals surface area (Å²) in [4.78, 5) is 4.65. The monoisotopic (exact) mass is 326 g/mol. The van der Waals surface area contributed by atoms with Gasteiger partial charge in [-0.2, -0.15) is 10.4 Å². The van der Waals surface area contributed by atoms with E-state index in [0.29, 0.717) is 5.56 Å². The number of aromatic nitrogens is 3. The Morgan fingerprint density at radius 3 is 2.60 bits per heavy atom. The average Bonchev–Trinajstić information content (AvgIpc) is 2.98. The predicted octanol–water partition coefficient (Wildman–Crippen LogP) is 4.53. The van der Waals surface area contributed by atoms with Gasteiger partial charge in [-0.1, -0.05) is 19.1 Å². The number of hydrogen-bond donors (Lipinski definition) is 0. The lowest BCUT2D eigenvalue weighted by Crippen LogP contribution is -1.92. The van der Waals surface area contributed by atoms with Crippen molar-refractivity contribution >= 4 is 21.8 Å². The average molecular weight is 326 g/mol. The van der Waals surface area contributed by atoms with Gasteiger partial charge in [-0.05, 0) is 48.7 Å². The molecule has 0 N–H and O–H groups in total. The van der Waals surface area contributed by atoms with Crippen LogP contribution in [-0.2, 0) is 13.5 Å². The van der Waals surface area contributed by atoms with Crippen LogP contribution in [0.5, 0.6) is 0 Å². The second kappa shape index (κ2) is 5.71. The van der Waals surface area contributed by atoms with Crippen molar-refractivity contribution in [3.05, 3.63) is 59.3 Å². The number of nitriles is 1. The van der Waals surface area contributed by atoms with E-state index in [1.807, 2.05) is 42.2 Å². The Balaban J connectivity index is 2.07. The molecular weight excluding hydrogens is 308 g/mol. The van der Waals surface area contributed by atoms with Crippen LogP contribution < -0.4 is 0 Å². The third-order valence-electron chi connectivity index (χ3n) is 4.81. The summed E-state index contributed by atoms with van der Waals surface area (Å²) >= 11 is 0. The molecule has 0 aliphatic carbocycles. The number of hydrogen-bond acceptors (Lipinski definition) is 3. The minimum absolute atomic E-state index is 0.652. The van der Waals surface area contributed by atoms with Crippen molar-refractivity contribution in [3.63, 3.8) is 0 Å².